The Balaban J connectivity index is 2.29. The molecule has 16 heavy (non-hydrogen) atoms. The summed E-state index contributed by atoms with van der Waals surface area (Å²) in [7, 11) is 0. The molecule has 2 aromatic rings. The molecule has 1 nitrogen and oxygen atoms in total. The lowest BCUT2D eigenvalue weighted by Gasteiger charge is -2.11. The molecule has 0 heterocycles. The zero-order chi connectivity index (χ0) is 11.5. The fraction of sp³-hybridized carbons (Fsp3) is 0.200. The molecule has 2 aromatic carbocycles. The van der Waals surface area contributed by atoms with Gasteiger partial charge in [-0.2, -0.15) is 0 Å². The van der Waals surface area contributed by atoms with Crippen molar-refractivity contribution in [2.75, 3.05) is 0 Å². The molecule has 0 aliphatic carbocycles. The summed E-state index contributed by atoms with van der Waals surface area (Å²) in [5.41, 5.74) is 8.30. The van der Waals surface area contributed by atoms with Crippen molar-refractivity contribution in [2.45, 2.75) is 19.4 Å². The first-order valence-corrected chi connectivity index (χ1v) is 5.55. The molecular formula is C15H17N. The highest BCUT2D eigenvalue weighted by Gasteiger charge is 2.04. The van der Waals surface area contributed by atoms with E-state index in [2.05, 4.69) is 49.0 Å². The van der Waals surface area contributed by atoms with Gasteiger partial charge in [-0.1, -0.05) is 54.6 Å². The van der Waals surface area contributed by atoms with Crippen LogP contribution in [-0.4, -0.2) is 6.04 Å². The lowest BCUT2D eigenvalue weighted by Crippen LogP contribution is -2.23. The van der Waals surface area contributed by atoms with Crippen LogP contribution >= 0.6 is 0 Å². The van der Waals surface area contributed by atoms with Crippen molar-refractivity contribution in [1.82, 2.24) is 0 Å². The van der Waals surface area contributed by atoms with Crippen LogP contribution in [0.5, 0.6) is 0 Å². The molecular weight excluding hydrogens is 194 g/mol. The highest BCUT2D eigenvalue weighted by Crippen LogP contribution is 2.17. The summed E-state index contributed by atoms with van der Waals surface area (Å²) >= 11 is 0. The van der Waals surface area contributed by atoms with E-state index in [-0.39, 0.29) is 6.04 Å². The Morgan fingerprint density at radius 1 is 1.19 bits per heavy atom. The van der Waals surface area contributed by atoms with Gasteiger partial charge in [-0.15, -0.1) is 0 Å². The van der Waals surface area contributed by atoms with Gasteiger partial charge in [-0.25, -0.2) is 0 Å². The Kier molecular flexibility index (Phi) is 3.07. The van der Waals surface area contributed by atoms with Crippen LogP contribution < -0.4 is 5.73 Å². The summed E-state index contributed by atoms with van der Waals surface area (Å²) in [4.78, 5) is 0. The van der Waals surface area contributed by atoms with Gasteiger partial charge in [-0.05, 0) is 29.7 Å². The monoisotopic (exact) mass is 211 g/mol. The van der Waals surface area contributed by atoms with Crippen molar-refractivity contribution in [3.05, 3.63) is 60.2 Å². The van der Waals surface area contributed by atoms with Gasteiger partial charge in [-0.3, -0.25) is 0 Å². The molecule has 2 N–H and O–H groups in total. The molecule has 82 valence electrons. The van der Waals surface area contributed by atoms with Crippen molar-refractivity contribution >= 4 is 10.8 Å². The molecule has 1 heteroatoms. The van der Waals surface area contributed by atoms with E-state index in [1.54, 1.807) is 0 Å². The predicted molar refractivity (Wildman–Crippen MR) is 70.4 cm³/mol. The summed E-state index contributed by atoms with van der Waals surface area (Å²) in [6.45, 7) is 5.87. The minimum Gasteiger partial charge on any atom is -0.324 e. The lowest BCUT2D eigenvalue weighted by molar-refractivity contribution is 0.767. The number of hydrogen-bond acceptors (Lipinski definition) is 1. The minimum absolute atomic E-state index is 0.0566. The van der Waals surface area contributed by atoms with E-state index < -0.39 is 0 Å². The standard InChI is InChI=1S/C15H17N/c1-11(2)15(16)10-12-7-8-13-5-3-4-6-14(13)9-12/h3-9,15H,1,10,16H2,2H3. The van der Waals surface area contributed by atoms with Crippen molar-refractivity contribution in [2.24, 2.45) is 5.73 Å². The number of rotatable bonds is 3. The maximum Gasteiger partial charge on any atom is 0.0289 e. The first-order chi connectivity index (χ1) is 7.66. The van der Waals surface area contributed by atoms with E-state index in [9.17, 15) is 0 Å². The normalized spacial score (nSPS) is 12.6. The number of nitrogens with two attached hydrogens (primary N) is 1. The first kappa shape index (κ1) is 10.9. The number of fused-ring (bicyclic) bond motifs is 1. The minimum atomic E-state index is 0.0566. The van der Waals surface area contributed by atoms with Crippen molar-refractivity contribution in [3.63, 3.8) is 0 Å². The highest BCUT2D eigenvalue weighted by atomic mass is 14.6. The average molecular weight is 211 g/mol. The van der Waals surface area contributed by atoms with Gasteiger partial charge in [0.15, 0.2) is 0 Å². The van der Waals surface area contributed by atoms with Crippen LogP contribution in [0.15, 0.2) is 54.6 Å². The Bertz CT molecular complexity index is 514. The summed E-state index contributed by atoms with van der Waals surface area (Å²) in [5, 5.41) is 2.55. The molecule has 0 aliphatic heterocycles. The molecule has 0 amide bonds. The SMILES string of the molecule is C=C(C)C(N)Cc1ccc2ccccc2c1. The van der Waals surface area contributed by atoms with Crippen LogP contribution in [0.1, 0.15) is 12.5 Å². The molecule has 0 spiro atoms. The highest BCUT2D eigenvalue weighted by molar-refractivity contribution is 5.83. The third-order valence-corrected chi connectivity index (χ3v) is 2.90. The Hall–Kier alpha value is -1.60. The third kappa shape index (κ3) is 2.31. The van der Waals surface area contributed by atoms with Crippen LogP contribution in [0.3, 0.4) is 0 Å². The van der Waals surface area contributed by atoms with Crippen molar-refractivity contribution in [1.29, 1.82) is 0 Å². The second-order valence-corrected chi connectivity index (χ2v) is 4.34. The molecule has 0 fully saturated rings. The van der Waals surface area contributed by atoms with Gasteiger partial charge < -0.3 is 5.73 Å². The lowest BCUT2D eigenvalue weighted by atomic mass is 9.99. The van der Waals surface area contributed by atoms with E-state index in [0.29, 0.717) is 0 Å². The predicted octanol–water partition coefficient (Wildman–Crippen LogP) is 3.29. The Labute approximate surface area is 96.6 Å². The van der Waals surface area contributed by atoms with Gasteiger partial charge in [0.05, 0.1) is 0 Å². The maximum atomic E-state index is 5.99. The molecule has 2 rings (SSSR count). The van der Waals surface area contributed by atoms with Gasteiger partial charge in [0.1, 0.15) is 0 Å². The number of hydrogen-bond donors (Lipinski definition) is 1. The first-order valence-electron chi connectivity index (χ1n) is 5.55. The largest absolute Gasteiger partial charge is 0.324 e. The molecule has 0 radical (unpaired) electrons. The Morgan fingerprint density at radius 2 is 1.88 bits per heavy atom. The smallest absolute Gasteiger partial charge is 0.0289 e. The van der Waals surface area contributed by atoms with E-state index >= 15 is 0 Å². The summed E-state index contributed by atoms with van der Waals surface area (Å²) in [6.07, 6.45) is 0.861. The van der Waals surface area contributed by atoms with Crippen LogP contribution in [0, 0.1) is 0 Å². The molecule has 1 unspecified atom stereocenters. The van der Waals surface area contributed by atoms with Crippen LogP contribution in [-0.2, 0) is 6.42 Å². The third-order valence-electron chi connectivity index (χ3n) is 2.90. The quantitative estimate of drug-likeness (QED) is 0.775. The zero-order valence-electron chi connectivity index (χ0n) is 9.61. The van der Waals surface area contributed by atoms with Crippen molar-refractivity contribution in [3.8, 4) is 0 Å². The molecule has 1 atom stereocenters. The van der Waals surface area contributed by atoms with Crippen LogP contribution in [0.4, 0.5) is 0 Å². The topological polar surface area (TPSA) is 26.0 Å². The molecule has 0 saturated carbocycles. The van der Waals surface area contributed by atoms with Crippen LogP contribution in [0.25, 0.3) is 10.8 Å². The zero-order valence-corrected chi connectivity index (χ0v) is 9.61. The molecule has 0 bridgehead atoms. The van der Waals surface area contributed by atoms with Gasteiger partial charge in [0.25, 0.3) is 0 Å². The number of benzene rings is 2. The van der Waals surface area contributed by atoms with Gasteiger partial charge >= 0.3 is 0 Å². The van der Waals surface area contributed by atoms with E-state index in [1.807, 2.05) is 6.92 Å². The van der Waals surface area contributed by atoms with Crippen LogP contribution in [0.2, 0.25) is 0 Å². The summed E-state index contributed by atoms with van der Waals surface area (Å²) in [6, 6.07) is 14.9. The second-order valence-electron chi connectivity index (χ2n) is 4.34. The van der Waals surface area contributed by atoms with Crippen molar-refractivity contribution < 1.29 is 0 Å². The molecule has 0 aliphatic rings. The molecule has 0 saturated heterocycles. The average Bonchev–Trinajstić information content (AvgIpc) is 2.28. The fourth-order valence-electron chi connectivity index (χ4n) is 1.79. The Morgan fingerprint density at radius 3 is 2.56 bits per heavy atom. The second kappa shape index (κ2) is 4.50. The molecule has 0 aromatic heterocycles. The van der Waals surface area contributed by atoms with E-state index in [0.717, 1.165) is 12.0 Å². The van der Waals surface area contributed by atoms with E-state index in [1.165, 1.54) is 16.3 Å². The van der Waals surface area contributed by atoms with Gasteiger partial charge in [0, 0.05) is 6.04 Å². The van der Waals surface area contributed by atoms with E-state index in [4.69, 9.17) is 5.73 Å². The van der Waals surface area contributed by atoms with Gasteiger partial charge in [0.2, 0.25) is 0 Å². The summed E-state index contributed by atoms with van der Waals surface area (Å²) in [5.74, 6) is 0. The maximum absolute atomic E-state index is 5.99. The fourth-order valence-corrected chi connectivity index (χ4v) is 1.79. The summed E-state index contributed by atoms with van der Waals surface area (Å²) < 4.78 is 0.